The van der Waals surface area contributed by atoms with Crippen LogP contribution in [0.15, 0.2) is 66.0 Å². The fraction of sp³-hybridized carbons (Fsp3) is 0.0455. The Labute approximate surface area is 166 Å². The summed E-state index contributed by atoms with van der Waals surface area (Å²) in [4.78, 5) is 15.1. The molecule has 0 atom stereocenters. The van der Waals surface area contributed by atoms with Gasteiger partial charge in [-0.15, -0.1) is 11.3 Å². The molecule has 1 N–H and O–H groups in total. The minimum Gasteiger partial charge on any atom is -0.476 e. The van der Waals surface area contributed by atoms with Gasteiger partial charge >= 0.3 is 5.97 Å². The lowest BCUT2D eigenvalue weighted by molar-refractivity contribution is 0.0691. The van der Waals surface area contributed by atoms with Crippen molar-refractivity contribution < 1.29 is 9.90 Å². The molecule has 0 fully saturated rings. The number of nitrogens with zero attached hydrogens (tertiary/aromatic N) is 3. The summed E-state index contributed by atoms with van der Waals surface area (Å²) in [5.74, 6) is -1.03. The quantitative estimate of drug-likeness (QED) is 0.504. The van der Waals surface area contributed by atoms with Gasteiger partial charge in [0.2, 0.25) is 0 Å². The van der Waals surface area contributed by atoms with Crippen molar-refractivity contribution in [1.29, 1.82) is 0 Å². The van der Waals surface area contributed by atoms with Gasteiger partial charge in [0, 0.05) is 28.3 Å². The van der Waals surface area contributed by atoms with Crippen LogP contribution >= 0.6 is 11.3 Å². The number of carboxylic acid groups (broad SMARTS) is 1. The molecule has 28 heavy (non-hydrogen) atoms. The van der Waals surface area contributed by atoms with Crippen molar-refractivity contribution in [2.75, 3.05) is 0 Å². The van der Waals surface area contributed by atoms with Crippen molar-refractivity contribution in [3.63, 3.8) is 0 Å². The molecule has 2 aromatic carbocycles. The molecule has 4 aromatic rings. The second kappa shape index (κ2) is 7.62. The molecular weight excluding hydrogens is 370 g/mol. The van der Waals surface area contributed by atoms with Crippen LogP contribution in [0.1, 0.15) is 21.1 Å². The molecule has 0 unspecified atom stereocenters. The molecular formula is C22H17N3O2S. The van der Waals surface area contributed by atoms with Gasteiger partial charge in [-0.25, -0.2) is 14.5 Å². The number of hydrogen-bond donors (Lipinski definition) is 1. The number of aromatic nitrogens is 3. The first-order valence-electron chi connectivity index (χ1n) is 8.70. The van der Waals surface area contributed by atoms with E-state index in [1.54, 1.807) is 6.08 Å². The normalized spacial score (nSPS) is 11.2. The lowest BCUT2D eigenvalue weighted by Gasteiger charge is -2.04. The number of benzene rings is 2. The highest BCUT2D eigenvalue weighted by Crippen LogP contribution is 2.32. The fourth-order valence-electron chi connectivity index (χ4n) is 3.04. The van der Waals surface area contributed by atoms with Crippen LogP contribution in [-0.4, -0.2) is 25.8 Å². The van der Waals surface area contributed by atoms with Crippen LogP contribution in [0.4, 0.5) is 0 Å². The molecule has 0 saturated heterocycles. The van der Waals surface area contributed by atoms with Crippen molar-refractivity contribution in [3.8, 4) is 22.5 Å². The van der Waals surface area contributed by atoms with E-state index in [-0.39, 0.29) is 5.69 Å². The largest absolute Gasteiger partial charge is 0.476 e. The van der Waals surface area contributed by atoms with Gasteiger partial charge in [-0.05, 0) is 13.0 Å². The van der Waals surface area contributed by atoms with Crippen molar-refractivity contribution in [2.45, 2.75) is 6.92 Å². The van der Waals surface area contributed by atoms with Crippen LogP contribution in [0, 0.1) is 6.92 Å². The van der Waals surface area contributed by atoms with E-state index in [0.717, 1.165) is 28.1 Å². The highest BCUT2D eigenvalue weighted by Gasteiger charge is 2.16. The number of thiazole rings is 1. The second-order valence-corrected chi connectivity index (χ2v) is 7.08. The zero-order valence-corrected chi connectivity index (χ0v) is 15.9. The summed E-state index contributed by atoms with van der Waals surface area (Å²) in [7, 11) is 0. The summed E-state index contributed by atoms with van der Waals surface area (Å²) < 4.78 is 1.83. The van der Waals surface area contributed by atoms with Crippen LogP contribution in [0.3, 0.4) is 0 Å². The molecule has 0 saturated carbocycles. The lowest BCUT2D eigenvalue weighted by Crippen LogP contribution is -1.96. The Morgan fingerprint density at radius 3 is 2.29 bits per heavy atom. The van der Waals surface area contributed by atoms with E-state index >= 15 is 0 Å². The number of hydrogen-bond acceptors (Lipinski definition) is 4. The van der Waals surface area contributed by atoms with E-state index in [0.29, 0.717) is 5.01 Å². The third-order valence-electron chi connectivity index (χ3n) is 4.34. The summed E-state index contributed by atoms with van der Waals surface area (Å²) in [6.45, 7) is 2.06. The number of carboxylic acids is 1. The Balaban J connectivity index is 1.81. The predicted molar refractivity (Wildman–Crippen MR) is 112 cm³/mol. The highest BCUT2D eigenvalue weighted by atomic mass is 32.1. The molecule has 0 amide bonds. The SMILES string of the molecule is Cc1c(-c2ccccc2)nn(C=Cc2nc(C(=O)O)cs2)c1-c1ccccc1. The van der Waals surface area contributed by atoms with Crippen LogP contribution in [0.2, 0.25) is 0 Å². The molecule has 0 aliphatic rings. The Kier molecular flexibility index (Phi) is 4.87. The van der Waals surface area contributed by atoms with Gasteiger partial charge < -0.3 is 5.11 Å². The molecule has 0 aliphatic heterocycles. The summed E-state index contributed by atoms with van der Waals surface area (Å²) in [5.41, 5.74) is 5.14. The van der Waals surface area contributed by atoms with Gasteiger partial charge in [-0.1, -0.05) is 60.7 Å². The van der Waals surface area contributed by atoms with Crippen molar-refractivity contribution in [3.05, 3.63) is 82.3 Å². The van der Waals surface area contributed by atoms with E-state index in [1.807, 2.05) is 59.4 Å². The molecule has 0 aliphatic carbocycles. The molecule has 0 radical (unpaired) electrons. The van der Waals surface area contributed by atoms with Crippen molar-refractivity contribution in [1.82, 2.24) is 14.8 Å². The molecule has 138 valence electrons. The predicted octanol–water partition coefficient (Wildman–Crippen LogP) is 5.31. The Morgan fingerprint density at radius 1 is 1.04 bits per heavy atom. The molecule has 0 bridgehead atoms. The van der Waals surface area contributed by atoms with E-state index in [9.17, 15) is 4.79 Å². The van der Waals surface area contributed by atoms with Gasteiger partial charge in [-0.2, -0.15) is 5.10 Å². The lowest BCUT2D eigenvalue weighted by atomic mass is 10.0. The Morgan fingerprint density at radius 2 is 1.68 bits per heavy atom. The van der Waals surface area contributed by atoms with Gasteiger partial charge in [0.15, 0.2) is 5.69 Å². The maximum Gasteiger partial charge on any atom is 0.355 e. The highest BCUT2D eigenvalue weighted by molar-refractivity contribution is 7.10. The Bertz CT molecular complexity index is 1150. The first kappa shape index (κ1) is 17.9. The summed E-state index contributed by atoms with van der Waals surface area (Å²) in [5, 5.41) is 16.0. The average molecular weight is 387 g/mol. The number of aromatic carboxylic acids is 1. The maximum absolute atomic E-state index is 11.0. The summed E-state index contributed by atoms with van der Waals surface area (Å²) >= 11 is 1.29. The average Bonchev–Trinajstić information content (AvgIpc) is 3.32. The first-order chi connectivity index (χ1) is 13.6. The Hall–Kier alpha value is -3.51. The van der Waals surface area contributed by atoms with E-state index < -0.39 is 5.97 Å². The number of carbonyl (C=O) groups is 1. The van der Waals surface area contributed by atoms with Crippen LogP contribution in [-0.2, 0) is 0 Å². The molecule has 6 heteroatoms. The van der Waals surface area contributed by atoms with Crippen LogP contribution < -0.4 is 0 Å². The second-order valence-electron chi connectivity index (χ2n) is 6.19. The van der Waals surface area contributed by atoms with E-state index in [4.69, 9.17) is 10.2 Å². The van der Waals surface area contributed by atoms with Crippen molar-refractivity contribution >= 4 is 29.6 Å². The minimum atomic E-state index is -1.03. The van der Waals surface area contributed by atoms with Gasteiger partial charge in [0.1, 0.15) is 5.01 Å². The third kappa shape index (κ3) is 3.50. The summed E-state index contributed by atoms with van der Waals surface area (Å²) in [6, 6.07) is 20.1. The first-order valence-corrected chi connectivity index (χ1v) is 9.58. The summed E-state index contributed by atoms with van der Waals surface area (Å²) in [6.07, 6.45) is 3.61. The van der Waals surface area contributed by atoms with E-state index in [1.165, 1.54) is 16.7 Å². The minimum absolute atomic E-state index is 0.0505. The monoisotopic (exact) mass is 387 g/mol. The topological polar surface area (TPSA) is 68.0 Å². The molecule has 0 spiro atoms. The third-order valence-corrected chi connectivity index (χ3v) is 5.15. The smallest absolute Gasteiger partial charge is 0.355 e. The maximum atomic E-state index is 11.0. The van der Waals surface area contributed by atoms with Gasteiger partial charge in [0.05, 0.1) is 11.4 Å². The van der Waals surface area contributed by atoms with E-state index in [2.05, 4.69) is 24.0 Å². The zero-order valence-electron chi connectivity index (χ0n) is 15.1. The zero-order chi connectivity index (χ0) is 19.5. The van der Waals surface area contributed by atoms with Gasteiger partial charge in [0.25, 0.3) is 0 Å². The van der Waals surface area contributed by atoms with Crippen LogP contribution in [0.5, 0.6) is 0 Å². The van der Waals surface area contributed by atoms with Crippen LogP contribution in [0.25, 0.3) is 34.8 Å². The van der Waals surface area contributed by atoms with Crippen molar-refractivity contribution in [2.24, 2.45) is 0 Å². The molecule has 2 heterocycles. The standard InChI is InChI=1S/C22H17N3O2S/c1-15-20(16-8-4-2-5-9-16)24-25(21(15)17-10-6-3-7-11-17)13-12-19-23-18(14-28-19)22(26)27/h2-14H,1H3,(H,26,27). The molecule has 2 aromatic heterocycles. The number of rotatable bonds is 5. The fourth-order valence-corrected chi connectivity index (χ4v) is 3.71. The van der Waals surface area contributed by atoms with Gasteiger partial charge in [-0.3, -0.25) is 0 Å². The molecule has 4 rings (SSSR count). The molecule has 5 nitrogen and oxygen atoms in total.